The fraction of sp³-hybridized carbons (Fsp3) is 0.778. The van der Waals surface area contributed by atoms with Crippen LogP contribution in [0.2, 0.25) is 0 Å². The molecule has 13 heavy (non-hydrogen) atoms. The standard InChI is InChI=1S/C9H18N4/c1-4-8-11-9(5-2)13(12-8)6-7(3)10/h7H,4-6,10H2,1-3H3. The predicted molar refractivity (Wildman–Crippen MR) is 52.4 cm³/mol. The molecule has 74 valence electrons. The van der Waals surface area contributed by atoms with E-state index in [0.717, 1.165) is 31.0 Å². The average Bonchev–Trinajstić information content (AvgIpc) is 2.46. The topological polar surface area (TPSA) is 56.7 Å². The van der Waals surface area contributed by atoms with Crippen LogP contribution in [0.3, 0.4) is 0 Å². The second-order valence-electron chi connectivity index (χ2n) is 3.31. The molecule has 0 aliphatic carbocycles. The summed E-state index contributed by atoms with van der Waals surface area (Å²) in [4.78, 5) is 4.40. The molecule has 2 N–H and O–H groups in total. The Hall–Kier alpha value is -0.900. The van der Waals surface area contributed by atoms with Crippen molar-refractivity contribution in [3.05, 3.63) is 11.6 Å². The highest BCUT2D eigenvalue weighted by molar-refractivity contribution is 4.92. The summed E-state index contributed by atoms with van der Waals surface area (Å²) in [6, 6.07) is 0.136. The fourth-order valence-electron chi connectivity index (χ4n) is 1.26. The Kier molecular flexibility index (Phi) is 3.42. The van der Waals surface area contributed by atoms with E-state index >= 15 is 0 Å². The zero-order chi connectivity index (χ0) is 9.84. The van der Waals surface area contributed by atoms with E-state index in [4.69, 9.17) is 5.73 Å². The van der Waals surface area contributed by atoms with Gasteiger partial charge in [0.15, 0.2) is 5.82 Å². The third kappa shape index (κ3) is 2.52. The number of nitrogens with two attached hydrogens (primary N) is 1. The summed E-state index contributed by atoms with van der Waals surface area (Å²) in [5.41, 5.74) is 5.71. The van der Waals surface area contributed by atoms with Crippen molar-refractivity contribution in [1.29, 1.82) is 0 Å². The van der Waals surface area contributed by atoms with Crippen molar-refractivity contribution in [3.63, 3.8) is 0 Å². The summed E-state index contributed by atoms with van der Waals surface area (Å²) in [6.45, 7) is 6.88. The van der Waals surface area contributed by atoms with Gasteiger partial charge < -0.3 is 5.73 Å². The van der Waals surface area contributed by atoms with E-state index in [1.54, 1.807) is 0 Å². The minimum absolute atomic E-state index is 0.136. The molecule has 0 aliphatic rings. The van der Waals surface area contributed by atoms with Crippen LogP contribution in [0, 0.1) is 0 Å². The van der Waals surface area contributed by atoms with E-state index in [0.29, 0.717) is 0 Å². The first-order valence-electron chi connectivity index (χ1n) is 4.85. The van der Waals surface area contributed by atoms with Gasteiger partial charge in [-0.1, -0.05) is 13.8 Å². The van der Waals surface area contributed by atoms with Gasteiger partial charge in [-0.2, -0.15) is 5.10 Å². The van der Waals surface area contributed by atoms with E-state index in [9.17, 15) is 0 Å². The Bertz CT molecular complexity index is 265. The summed E-state index contributed by atoms with van der Waals surface area (Å²) in [5.74, 6) is 1.95. The Balaban J connectivity index is 2.84. The highest BCUT2D eigenvalue weighted by atomic mass is 15.3. The zero-order valence-corrected chi connectivity index (χ0v) is 8.62. The molecule has 0 bridgehead atoms. The maximum Gasteiger partial charge on any atom is 0.150 e. The van der Waals surface area contributed by atoms with E-state index in [1.165, 1.54) is 0 Å². The van der Waals surface area contributed by atoms with Gasteiger partial charge in [-0.15, -0.1) is 0 Å². The molecule has 1 unspecified atom stereocenters. The van der Waals surface area contributed by atoms with E-state index in [-0.39, 0.29) is 6.04 Å². The number of aryl methyl sites for hydroxylation is 2. The zero-order valence-electron chi connectivity index (χ0n) is 8.62. The van der Waals surface area contributed by atoms with Crippen LogP contribution in [0.25, 0.3) is 0 Å². The minimum atomic E-state index is 0.136. The normalized spacial score (nSPS) is 13.2. The van der Waals surface area contributed by atoms with Gasteiger partial charge in [0.2, 0.25) is 0 Å². The highest BCUT2D eigenvalue weighted by Gasteiger charge is 2.07. The van der Waals surface area contributed by atoms with E-state index < -0.39 is 0 Å². The van der Waals surface area contributed by atoms with Crippen LogP contribution in [0.15, 0.2) is 0 Å². The first kappa shape index (κ1) is 10.2. The number of aromatic nitrogens is 3. The van der Waals surface area contributed by atoms with Crippen molar-refractivity contribution in [2.45, 2.75) is 46.2 Å². The fourth-order valence-corrected chi connectivity index (χ4v) is 1.26. The van der Waals surface area contributed by atoms with Crippen LogP contribution in [-0.2, 0) is 19.4 Å². The molecule has 1 aromatic rings. The molecule has 4 heteroatoms. The highest BCUT2D eigenvalue weighted by Crippen LogP contribution is 2.01. The number of hydrogen-bond acceptors (Lipinski definition) is 3. The van der Waals surface area contributed by atoms with Gasteiger partial charge in [0, 0.05) is 18.9 Å². The van der Waals surface area contributed by atoms with Crippen molar-refractivity contribution in [2.75, 3.05) is 0 Å². The number of nitrogens with zero attached hydrogens (tertiary/aromatic N) is 3. The van der Waals surface area contributed by atoms with Crippen molar-refractivity contribution in [3.8, 4) is 0 Å². The summed E-state index contributed by atoms with van der Waals surface area (Å²) >= 11 is 0. The summed E-state index contributed by atoms with van der Waals surface area (Å²) < 4.78 is 1.92. The molecule has 0 radical (unpaired) electrons. The summed E-state index contributed by atoms with van der Waals surface area (Å²) in [7, 11) is 0. The monoisotopic (exact) mass is 182 g/mol. The van der Waals surface area contributed by atoms with Crippen molar-refractivity contribution >= 4 is 0 Å². The van der Waals surface area contributed by atoms with Gasteiger partial charge in [-0.05, 0) is 6.92 Å². The molecule has 0 aromatic carbocycles. The first-order valence-corrected chi connectivity index (χ1v) is 4.85. The Morgan fingerprint density at radius 1 is 1.38 bits per heavy atom. The van der Waals surface area contributed by atoms with Crippen molar-refractivity contribution in [1.82, 2.24) is 14.8 Å². The summed E-state index contributed by atoms with van der Waals surface area (Å²) in [5, 5.41) is 4.37. The molecule has 0 saturated heterocycles. The molecule has 0 amide bonds. The molecule has 0 aliphatic heterocycles. The van der Waals surface area contributed by atoms with Crippen molar-refractivity contribution in [2.24, 2.45) is 5.73 Å². The molecule has 0 fully saturated rings. The smallest absolute Gasteiger partial charge is 0.150 e. The molecule has 1 heterocycles. The third-order valence-electron chi connectivity index (χ3n) is 1.89. The minimum Gasteiger partial charge on any atom is -0.326 e. The maximum absolute atomic E-state index is 5.71. The Morgan fingerprint density at radius 3 is 2.54 bits per heavy atom. The molecule has 4 nitrogen and oxygen atoms in total. The molecular weight excluding hydrogens is 164 g/mol. The van der Waals surface area contributed by atoms with Crippen LogP contribution >= 0.6 is 0 Å². The van der Waals surface area contributed by atoms with Gasteiger partial charge in [0.1, 0.15) is 5.82 Å². The van der Waals surface area contributed by atoms with Gasteiger partial charge in [0.25, 0.3) is 0 Å². The van der Waals surface area contributed by atoms with Crippen LogP contribution in [-0.4, -0.2) is 20.8 Å². The van der Waals surface area contributed by atoms with Crippen LogP contribution in [0.5, 0.6) is 0 Å². The van der Waals surface area contributed by atoms with E-state index in [1.807, 2.05) is 11.6 Å². The van der Waals surface area contributed by atoms with Gasteiger partial charge in [-0.3, -0.25) is 0 Å². The molecule has 0 spiro atoms. The molecule has 1 aromatic heterocycles. The third-order valence-corrected chi connectivity index (χ3v) is 1.89. The molecule has 0 saturated carbocycles. The SMILES string of the molecule is CCc1nc(CC)n(CC(C)N)n1. The molecule has 1 rings (SSSR count). The van der Waals surface area contributed by atoms with Gasteiger partial charge >= 0.3 is 0 Å². The first-order chi connectivity index (χ1) is 6.17. The second kappa shape index (κ2) is 4.37. The molecular formula is C9H18N4. The lowest BCUT2D eigenvalue weighted by atomic mass is 10.3. The van der Waals surface area contributed by atoms with E-state index in [2.05, 4.69) is 23.9 Å². The Morgan fingerprint density at radius 2 is 2.08 bits per heavy atom. The van der Waals surface area contributed by atoms with Crippen LogP contribution in [0.4, 0.5) is 0 Å². The Labute approximate surface area is 79.2 Å². The van der Waals surface area contributed by atoms with Gasteiger partial charge in [0.05, 0.1) is 6.54 Å². The average molecular weight is 182 g/mol. The van der Waals surface area contributed by atoms with Crippen LogP contribution in [0.1, 0.15) is 32.4 Å². The number of rotatable bonds is 4. The quantitative estimate of drug-likeness (QED) is 0.747. The number of hydrogen-bond donors (Lipinski definition) is 1. The maximum atomic E-state index is 5.71. The van der Waals surface area contributed by atoms with Crippen molar-refractivity contribution < 1.29 is 0 Å². The summed E-state index contributed by atoms with van der Waals surface area (Å²) in [6.07, 6.45) is 1.80. The largest absolute Gasteiger partial charge is 0.326 e. The lowest BCUT2D eigenvalue weighted by Crippen LogP contribution is -2.24. The molecule has 1 atom stereocenters. The van der Waals surface area contributed by atoms with Gasteiger partial charge in [-0.25, -0.2) is 9.67 Å². The lowest BCUT2D eigenvalue weighted by molar-refractivity contribution is 0.515. The second-order valence-corrected chi connectivity index (χ2v) is 3.31. The van der Waals surface area contributed by atoms with Crippen LogP contribution < -0.4 is 5.73 Å². The predicted octanol–water partition coefficient (Wildman–Crippen LogP) is 0.750. The lowest BCUT2D eigenvalue weighted by Gasteiger charge is -2.06.